The van der Waals surface area contributed by atoms with E-state index in [2.05, 4.69) is 16.0 Å². The molecule has 9 heteroatoms. The van der Waals surface area contributed by atoms with Crippen LogP contribution < -0.4 is 20.7 Å². The van der Waals surface area contributed by atoms with Gasteiger partial charge in [-0.3, -0.25) is 9.59 Å². The number of halogens is 2. The van der Waals surface area contributed by atoms with E-state index in [1.807, 2.05) is 0 Å². The number of nitrogens with one attached hydrogen (secondary N) is 3. The zero-order chi connectivity index (χ0) is 22.0. The fourth-order valence-electron chi connectivity index (χ4n) is 5.26. The van der Waals surface area contributed by atoms with Gasteiger partial charge in [-0.05, 0) is 69.0 Å². The number of hydrogen-bond donors (Lipinski definition) is 4. The van der Waals surface area contributed by atoms with Crippen molar-refractivity contribution in [3.05, 3.63) is 28.2 Å². The van der Waals surface area contributed by atoms with E-state index < -0.39 is 0 Å². The molecule has 3 atom stereocenters. The maximum atomic E-state index is 12.8. The molecule has 0 radical (unpaired) electrons. The predicted molar refractivity (Wildman–Crippen MR) is 118 cm³/mol. The van der Waals surface area contributed by atoms with Crippen molar-refractivity contribution in [3.63, 3.8) is 0 Å². The second-order valence-corrected chi connectivity index (χ2v) is 9.90. The van der Waals surface area contributed by atoms with Crippen LogP contribution in [0.25, 0.3) is 0 Å². The van der Waals surface area contributed by atoms with Gasteiger partial charge in [0.25, 0.3) is 5.91 Å². The van der Waals surface area contributed by atoms with Crippen molar-refractivity contribution >= 4 is 35.0 Å². The number of hydrogen-bond acceptors (Lipinski definition) is 5. The summed E-state index contributed by atoms with van der Waals surface area (Å²) in [6, 6.07) is 4.72. The summed E-state index contributed by atoms with van der Waals surface area (Å²) in [5, 5.41) is 19.6. The summed E-state index contributed by atoms with van der Waals surface area (Å²) in [5.41, 5.74) is -0.212. The third-order valence-electron chi connectivity index (χ3n) is 6.85. The first-order valence-corrected chi connectivity index (χ1v) is 11.7. The van der Waals surface area contributed by atoms with Crippen LogP contribution in [-0.2, 0) is 9.59 Å². The Morgan fingerprint density at radius 3 is 2.77 bits per heavy atom. The van der Waals surface area contributed by atoms with E-state index in [4.69, 9.17) is 27.9 Å². The number of carbonyl (C=O) groups is 2. The van der Waals surface area contributed by atoms with Gasteiger partial charge < -0.3 is 25.8 Å². The Labute approximate surface area is 192 Å². The van der Waals surface area contributed by atoms with Gasteiger partial charge in [0.2, 0.25) is 5.91 Å². The number of aliphatic hydroxyl groups excluding tert-OH is 1. The van der Waals surface area contributed by atoms with Crippen LogP contribution in [-0.4, -0.2) is 54.3 Å². The quantitative estimate of drug-likeness (QED) is 0.467. The minimum atomic E-state index is -0.212. The van der Waals surface area contributed by atoms with Crippen molar-refractivity contribution in [3.8, 4) is 5.75 Å². The van der Waals surface area contributed by atoms with Crippen LogP contribution in [0.2, 0.25) is 10.0 Å². The molecule has 0 aromatic heterocycles. The first-order valence-electron chi connectivity index (χ1n) is 10.9. The summed E-state index contributed by atoms with van der Waals surface area (Å²) in [5.74, 6) is 1.11. The lowest BCUT2D eigenvalue weighted by atomic mass is 9.76. The maximum Gasteiger partial charge on any atom is 0.258 e. The summed E-state index contributed by atoms with van der Waals surface area (Å²) < 4.78 is 5.51. The first kappa shape index (κ1) is 22.6. The van der Waals surface area contributed by atoms with E-state index in [0.29, 0.717) is 27.6 Å². The lowest BCUT2D eigenvalue weighted by Gasteiger charge is -2.41. The Bertz CT molecular complexity index is 829. The Balaban J connectivity index is 1.23. The van der Waals surface area contributed by atoms with Gasteiger partial charge in [0.1, 0.15) is 5.75 Å². The topological polar surface area (TPSA) is 99.7 Å². The molecular formula is C22H29Cl2N3O4. The molecule has 2 amide bonds. The zero-order valence-corrected chi connectivity index (χ0v) is 18.8. The van der Waals surface area contributed by atoms with E-state index in [1.165, 1.54) is 0 Å². The number of amides is 2. The lowest BCUT2D eigenvalue weighted by Crippen LogP contribution is -2.58. The molecule has 3 saturated carbocycles. The summed E-state index contributed by atoms with van der Waals surface area (Å²) in [6.07, 6.45) is 5.04. The van der Waals surface area contributed by atoms with Gasteiger partial charge in [0.15, 0.2) is 6.61 Å². The predicted octanol–water partition coefficient (Wildman–Crippen LogP) is 2.28. The molecule has 2 bridgehead atoms. The van der Waals surface area contributed by atoms with E-state index in [9.17, 15) is 14.7 Å². The second-order valence-electron chi connectivity index (χ2n) is 9.09. The van der Waals surface area contributed by atoms with Gasteiger partial charge in [-0.2, -0.15) is 0 Å². The van der Waals surface area contributed by atoms with Gasteiger partial charge in [0, 0.05) is 24.3 Å². The number of ether oxygens (including phenoxy) is 1. The summed E-state index contributed by atoms with van der Waals surface area (Å²) in [4.78, 5) is 25.2. The Morgan fingerprint density at radius 2 is 2.03 bits per heavy atom. The van der Waals surface area contributed by atoms with Crippen LogP contribution in [0.3, 0.4) is 0 Å². The Kier molecular flexibility index (Phi) is 6.96. The minimum absolute atomic E-state index is 0.0380. The normalized spacial score (nSPS) is 31.6. The number of carbonyl (C=O) groups excluding carboxylic acids is 2. The molecule has 4 fully saturated rings. The molecule has 1 aromatic rings. The van der Waals surface area contributed by atoms with Crippen LogP contribution in [0.1, 0.15) is 38.5 Å². The molecule has 3 unspecified atom stereocenters. The third kappa shape index (κ3) is 5.28. The van der Waals surface area contributed by atoms with E-state index in [0.717, 1.165) is 45.1 Å². The number of piperidine rings is 1. The second kappa shape index (κ2) is 9.53. The highest BCUT2D eigenvalue weighted by molar-refractivity contribution is 6.42. The highest BCUT2D eigenvalue weighted by Crippen LogP contribution is 2.52. The Hall–Kier alpha value is -1.54. The summed E-state index contributed by atoms with van der Waals surface area (Å²) >= 11 is 11.9. The van der Waals surface area contributed by atoms with Gasteiger partial charge in [-0.25, -0.2) is 0 Å². The van der Waals surface area contributed by atoms with Gasteiger partial charge in [0.05, 0.1) is 16.1 Å². The lowest BCUT2D eigenvalue weighted by molar-refractivity contribution is -0.127. The molecule has 3 aliphatic carbocycles. The molecule has 1 aliphatic heterocycles. The standard InChI is InChI=1S/C22H29Cl2N3O4/c23-16-2-1-15(8-17(16)24)31-12-20(29)26-19-11-22(9-14(19)10-22)27-21(30)18-7-13(4-6-28)3-5-25-18/h1-2,8,13-14,18-19,25,28H,3-7,9-12H2,(H,26,29)(H,27,30). The van der Waals surface area contributed by atoms with Crippen LogP contribution in [0.15, 0.2) is 18.2 Å². The van der Waals surface area contributed by atoms with Gasteiger partial charge >= 0.3 is 0 Å². The zero-order valence-electron chi connectivity index (χ0n) is 17.3. The van der Waals surface area contributed by atoms with Gasteiger partial charge in [-0.15, -0.1) is 0 Å². The van der Waals surface area contributed by atoms with Crippen molar-refractivity contribution < 1.29 is 19.4 Å². The molecule has 170 valence electrons. The van der Waals surface area contributed by atoms with Crippen LogP contribution in [0.5, 0.6) is 5.75 Å². The molecule has 4 aliphatic rings. The molecule has 7 nitrogen and oxygen atoms in total. The van der Waals surface area contributed by atoms with Crippen molar-refractivity contribution in [2.24, 2.45) is 11.8 Å². The summed E-state index contributed by atoms with van der Waals surface area (Å²) in [6.45, 7) is 0.870. The minimum Gasteiger partial charge on any atom is -0.484 e. The van der Waals surface area contributed by atoms with Crippen LogP contribution >= 0.6 is 23.2 Å². The molecule has 1 heterocycles. The number of aliphatic hydroxyl groups is 1. The first-order chi connectivity index (χ1) is 14.9. The van der Waals surface area contributed by atoms with E-state index in [-0.39, 0.29) is 42.7 Å². The molecule has 1 aromatic carbocycles. The smallest absolute Gasteiger partial charge is 0.258 e. The number of rotatable bonds is 8. The van der Waals surface area contributed by atoms with Crippen LogP contribution in [0, 0.1) is 11.8 Å². The van der Waals surface area contributed by atoms with E-state index >= 15 is 0 Å². The molecule has 4 N–H and O–H groups in total. The highest BCUT2D eigenvalue weighted by Gasteiger charge is 2.57. The largest absolute Gasteiger partial charge is 0.484 e. The maximum absolute atomic E-state index is 12.8. The van der Waals surface area contributed by atoms with E-state index in [1.54, 1.807) is 18.2 Å². The average molecular weight is 470 g/mol. The van der Waals surface area contributed by atoms with Crippen molar-refractivity contribution in [2.45, 2.75) is 56.1 Å². The SMILES string of the molecule is O=C(COc1ccc(Cl)c(Cl)c1)NC1CC2(NC(=O)C3CC(CCO)CCN3)CC1C2. The number of fused-ring (bicyclic) bond motifs is 1. The monoisotopic (exact) mass is 469 g/mol. The molecular weight excluding hydrogens is 441 g/mol. The molecule has 0 spiro atoms. The van der Waals surface area contributed by atoms with Crippen molar-refractivity contribution in [2.75, 3.05) is 19.8 Å². The average Bonchev–Trinajstić information content (AvgIpc) is 3.23. The third-order valence-corrected chi connectivity index (χ3v) is 7.59. The van der Waals surface area contributed by atoms with Crippen molar-refractivity contribution in [1.82, 2.24) is 16.0 Å². The molecule has 1 saturated heterocycles. The van der Waals surface area contributed by atoms with Gasteiger partial charge in [-0.1, -0.05) is 23.2 Å². The molecule has 31 heavy (non-hydrogen) atoms. The fourth-order valence-corrected chi connectivity index (χ4v) is 5.55. The number of benzene rings is 1. The van der Waals surface area contributed by atoms with Crippen molar-refractivity contribution in [1.29, 1.82) is 0 Å². The Morgan fingerprint density at radius 1 is 1.23 bits per heavy atom. The highest BCUT2D eigenvalue weighted by atomic mass is 35.5. The van der Waals surface area contributed by atoms with Crippen LogP contribution in [0.4, 0.5) is 0 Å². The fraction of sp³-hybridized carbons (Fsp3) is 0.636. The summed E-state index contributed by atoms with van der Waals surface area (Å²) in [7, 11) is 0. The molecule has 5 rings (SSSR count).